The molecule has 4 nitrogen and oxygen atoms in total. The Labute approximate surface area is 117 Å². The van der Waals surface area contributed by atoms with E-state index in [2.05, 4.69) is 34.2 Å². The molecule has 0 fully saturated rings. The second kappa shape index (κ2) is 7.48. The monoisotopic (exact) mass is 265 g/mol. The summed E-state index contributed by atoms with van der Waals surface area (Å²) in [5.41, 5.74) is 3.22. The quantitative estimate of drug-likeness (QED) is 0.786. The molecule has 4 heteroatoms. The number of aromatic hydroxyl groups is 1. The number of phenols is 1. The van der Waals surface area contributed by atoms with Gasteiger partial charge < -0.3 is 20.2 Å². The molecule has 0 unspecified atom stereocenters. The van der Waals surface area contributed by atoms with E-state index in [0.717, 1.165) is 37.3 Å². The highest BCUT2D eigenvalue weighted by molar-refractivity contribution is 5.43. The maximum atomic E-state index is 10.4. The van der Waals surface area contributed by atoms with Crippen molar-refractivity contribution in [3.63, 3.8) is 0 Å². The lowest BCUT2D eigenvalue weighted by Gasteiger charge is -2.18. The molecule has 2 N–H and O–H groups in total. The molecule has 0 amide bonds. The van der Waals surface area contributed by atoms with E-state index in [9.17, 15) is 5.11 Å². The fourth-order valence-corrected chi connectivity index (χ4v) is 2.13. The second-order valence-corrected chi connectivity index (χ2v) is 5.52. The van der Waals surface area contributed by atoms with E-state index in [1.807, 2.05) is 28.2 Å². The van der Waals surface area contributed by atoms with Crippen LogP contribution in [0.3, 0.4) is 0 Å². The van der Waals surface area contributed by atoms with Crippen LogP contribution in [0.25, 0.3) is 0 Å². The first-order valence-electron chi connectivity index (χ1n) is 6.77. The molecule has 108 valence electrons. The smallest absolute Gasteiger partial charge is 0.124 e. The van der Waals surface area contributed by atoms with Gasteiger partial charge in [0.15, 0.2) is 0 Å². The van der Waals surface area contributed by atoms with Crippen molar-refractivity contribution in [1.29, 1.82) is 0 Å². The van der Waals surface area contributed by atoms with E-state index < -0.39 is 0 Å². The molecule has 0 heterocycles. The van der Waals surface area contributed by atoms with Crippen LogP contribution in [0.15, 0.2) is 12.1 Å². The Morgan fingerprint density at radius 2 is 1.47 bits per heavy atom. The lowest BCUT2D eigenvalue weighted by molar-refractivity contribution is 0.368. The van der Waals surface area contributed by atoms with Gasteiger partial charge in [-0.3, -0.25) is 0 Å². The van der Waals surface area contributed by atoms with Gasteiger partial charge in [0.2, 0.25) is 0 Å². The minimum Gasteiger partial charge on any atom is -0.507 e. The molecule has 0 aliphatic heterocycles. The van der Waals surface area contributed by atoms with E-state index in [4.69, 9.17) is 0 Å². The summed E-state index contributed by atoms with van der Waals surface area (Å²) in [6, 6.07) is 4.19. The van der Waals surface area contributed by atoms with E-state index >= 15 is 0 Å². The predicted octanol–water partition coefficient (Wildman–Crippen LogP) is 1.62. The number of rotatable bonds is 7. The van der Waals surface area contributed by atoms with Crippen molar-refractivity contribution in [3.8, 4) is 5.75 Å². The molecule has 0 saturated carbocycles. The first-order valence-corrected chi connectivity index (χ1v) is 6.77. The number of nitrogens with zero attached hydrogens (tertiary/aromatic N) is 2. The Kier molecular flexibility index (Phi) is 6.28. The molecule has 0 spiro atoms. The van der Waals surface area contributed by atoms with Gasteiger partial charge in [0.05, 0.1) is 0 Å². The van der Waals surface area contributed by atoms with Crippen molar-refractivity contribution in [2.45, 2.75) is 26.6 Å². The highest BCUT2D eigenvalue weighted by Gasteiger charge is 2.11. The van der Waals surface area contributed by atoms with E-state index in [1.165, 1.54) is 5.56 Å². The van der Waals surface area contributed by atoms with Crippen molar-refractivity contribution < 1.29 is 5.11 Å². The molecule has 0 saturated heterocycles. The lowest BCUT2D eigenvalue weighted by Crippen LogP contribution is -2.16. The lowest BCUT2D eigenvalue weighted by atomic mass is 10.0. The Bertz CT molecular complexity index is 371. The summed E-state index contributed by atoms with van der Waals surface area (Å²) < 4.78 is 0. The number of hydrogen-bond donors (Lipinski definition) is 2. The average Bonchev–Trinajstić information content (AvgIpc) is 2.30. The summed E-state index contributed by atoms with van der Waals surface area (Å²) in [6.07, 6.45) is 0. The van der Waals surface area contributed by atoms with Gasteiger partial charge in [0, 0.05) is 30.8 Å². The zero-order valence-electron chi connectivity index (χ0n) is 12.8. The molecule has 0 aromatic heterocycles. The van der Waals surface area contributed by atoms with Crippen LogP contribution in [-0.2, 0) is 19.6 Å². The Morgan fingerprint density at radius 1 is 1.00 bits per heavy atom. The van der Waals surface area contributed by atoms with Crippen molar-refractivity contribution in [1.82, 2.24) is 15.1 Å². The summed E-state index contributed by atoms with van der Waals surface area (Å²) in [6.45, 7) is 5.41. The molecule has 0 bridgehead atoms. The molecular formula is C15H27N3O. The van der Waals surface area contributed by atoms with Crippen LogP contribution in [0.2, 0.25) is 0 Å². The maximum Gasteiger partial charge on any atom is 0.124 e. The molecule has 1 aromatic carbocycles. The molecule has 0 atom stereocenters. The van der Waals surface area contributed by atoms with Gasteiger partial charge in [-0.05, 0) is 52.4 Å². The molecule has 19 heavy (non-hydrogen) atoms. The highest BCUT2D eigenvalue weighted by atomic mass is 16.3. The van der Waals surface area contributed by atoms with Crippen molar-refractivity contribution in [2.75, 3.05) is 34.7 Å². The third kappa shape index (κ3) is 5.19. The van der Waals surface area contributed by atoms with Crippen LogP contribution >= 0.6 is 0 Å². The van der Waals surface area contributed by atoms with Gasteiger partial charge in [-0.1, -0.05) is 6.92 Å². The molecule has 0 radical (unpaired) electrons. The number of hydrogen-bond acceptors (Lipinski definition) is 4. The summed E-state index contributed by atoms with van der Waals surface area (Å²) in [7, 11) is 8.06. The number of benzene rings is 1. The van der Waals surface area contributed by atoms with Crippen LogP contribution in [0.1, 0.15) is 23.6 Å². The third-order valence-electron chi connectivity index (χ3n) is 2.88. The van der Waals surface area contributed by atoms with Crippen LogP contribution in [0, 0.1) is 0 Å². The first kappa shape index (κ1) is 16.0. The zero-order valence-corrected chi connectivity index (χ0v) is 12.8. The Balaban J connectivity index is 3.06. The average molecular weight is 265 g/mol. The van der Waals surface area contributed by atoms with Gasteiger partial charge in [-0.2, -0.15) is 0 Å². The summed E-state index contributed by atoms with van der Waals surface area (Å²) in [5, 5.41) is 13.7. The standard InChI is InChI=1S/C15H27N3O/c1-6-16-9-12-7-13(10-17(2)3)15(19)14(8-12)11-18(4)5/h7-8,16,19H,6,9-11H2,1-5H3. The van der Waals surface area contributed by atoms with E-state index in [0.29, 0.717) is 5.75 Å². The minimum atomic E-state index is 0.433. The van der Waals surface area contributed by atoms with Crippen LogP contribution in [0.4, 0.5) is 0 Å². The van der Waals surface area contributed by atoms with Crippen LogP contribution < -0.4 is 5.32 Å². The molecule has 1 aromatic rings. The zero-order chi connectivity index (χ0) is 14.4. The van der Waals surface area contributed by atoms with Crippen LogP contribution in [-0.4, -0.2) is 49.6 Å². The molecule has 0 aliphatic carbocycles. The van der Waals surface area contributed by atoms with Crippen molar-refractivity contribution >= 4 is 0 Å². The molecule has 1 rings (SSSR count). The Hall–Kier alpha value is -1.10. The fraction of sp³-hybridized carbons (Fsp3) is 0.600. The number of nitrogens with one attached hydrogen (secondary N) is 1. The highest BCUT2D eigenvalue weighted by Crippen LogP contribution is 2.26. The van der Waals surface area contributed by atoms with Gasteiger partial charge in [-0.15, -0.1) is 0 Å². The Morgan fingerprint density at radius 3 is 1.84 bits per heavy atom. The maximum absolute atomic E-state index is 10.4. The normalized spacial score (nSPS) is 11.5. The summed E-state index contributed by atoms with van der Waals surface area (Å²) >= 11 is 0. The van der Waals surface area contributed by atoms with Crippen molar-refractivity contribution in [2.24, 2.45) is 0 Å². The van der Waals surface area contributed by atoms with E-state index in [-0.39, 0.29) is 0 Å². The van der Waals surface area contributed by atoms with Gasteiger partial charge in [0.25, 0.3) is 0 Å². The van der Waals surface area contributed by atoms with Gasteiger partial charge >= 0.3 is 0 Å². The summed E-state index contributed by atoms with van der Waals surface area (Å²) in [4.78, 5) is 4.15. The van der Waals surface area contributed by atoms with Gasteiger partial charge in [-0.25, -0.2) is 0 Å². The van der Waals surface area contributed by atoms with Crippen molar-refractivity contribution in [3.05, 3.63) is 28.8 Å². The predicted molar refractivity (Wildman–Crippen MR) is 80.3 cm³/mol. The minimum absolute atomic E-state index is 0.433. The molecule has 0 aliphatic rings. The second-order valence-electron chi connectivity index (χ2n) is 5.52. The molecular weight excluding hydrogens is 238 g/mol. The van der Waals surface area contributed by atoms with Crippen LogP contribution in [0.5, 0.6) is 5.75 Å². The van der Waals surface area contributed by atoms with E-state index in [1.54, 1.807) is 0 Å². The SMILES string of the molecule is CCNCc1cc(CN(C)C)c(O)c(CN(C)C)c1. The largest absolute Gasteiger partial charge is 0.507 e. The van der Waals surface area contributed by atoms with Gasteiger partial charge in [0.1, 0.15) is 5.75 Å². The number of phenolic OH excluding ortho intramolecular Hbond substituents is 1. The third-order valence-corrected chi connectivity index (χ3v) is 2.88. The first-order chi connectivity index (χ1) is 8.93. The topological polar surface area (TPSA) is 38.7 Å². The fourth-order valence-electron chi connectivity index (χ4n) is 2.13. The summed E-state index contributed by atoms with van der Waals surface area (Å²) in [5.74, 6) is 0.433.